The summed E-state index contributed by atoms with van der Waals surface area (Å²) >= 11 is 0. The van der Waals surface area contributed by atoms with Crippen molar-refractivity contribution in [2.75, 3.05) is 13.2 Å². The molecule has 7 nitrogen and oxygen atoms in total. The number of amides is 1. The molecule has 3 rings (SSSR count). The molecule has 1 aliphatic heterocycles. The number of nitrogens with zero attached hydrogens (tertiary/aromatic N) is 4. The summed E-state index contributed by atoms with van der Waals surface area (Å²) in [6.07, 6.45) is 2.21. The third-order valence-corrected chi connectivity index (χ3v) is 3.84. The van der Waals surface area contributed by atoms with Gasteiger partial charge in [-0.3, -0.25) is 14.5 Å². The van der Waals surface area contributed by atoms with Gasteiger partial charge >= 0.3 is 5.97 Å². The van der Waals surface area contributed by atoms with Gasteiger partial charge in [0.25, 0.3) is 5.91 Å². The van der Waals surface area contributed by atoms with Gasteiger partial charge in [-0.2, -0.15) is 5.10 Å². The van der Waals surface area contributed by atoms with E-state index in [4.69, 9.17) is 4.74 Å². The highest BCUT2D eigenvalue weighted by Gasteiger charge is 2.30. The summed E-state index contributed by atoms with van der Waals surface area (Å²) in [7, 11) is 1.72. The highest BCUT2D eigenvalue weighted by Crippen LogP contribution is 2.23. The summed E-state index contributed by atoms with van der Waals surface area (Å²) in [5.74, 6) is -0.550. The number of hydrogen-bond acceptors (Lipinski definition) is 5. The Kier molecular flexibility index (Phi) is 4.10. The van der Waals surface area contributed by atoms with Gasteiger partial charge in [-0.25, -0.2) is 4.79 Å². The van der Waals surface area contributed by atoms with Crippen molar-refractivity contribution in [3.05, 3.63) is 47.0 Å². The van der Waals surface area contributed by atoms with Crippen molar-refractivity contribution in [2.24, 2.45) is 7.05 Å². The highest BCUT2D eigenvalue weighted by atomic mass is 16.5. The number of aromatic nitrogens is 3. The van der Waals surface area contributed by atoms with Gasteiger partial charge in [-0.15, -0.1) is 0 Å². The van der Waals surface area contributed by atoms with Crippen LogP contribution in [0.25, 0.3) is 0 Å². The molecule has 23 heavy (non-hydrogen) atoms. The standard InChI is InChI=1S/C16H18N4O3/c1-3-23-16(22)14-11-10-20(9-7-12(11)18-19(14)2)15(21)13-6-4-5-8-17-13/h4-6,8H,3,7,9-10H2,1-2H3. The second kappa shape index (κ2) is 6.20. The average molecular weight is 314 g/mol. The molecule has 0 radical (unpaired) electrons. The molecule has 3 heterocycles. The first-order chi connectivity index (χ1) is 11.1. The SMILES string of the molecule is CCOC(=O)c1c2c(nn1C)CCN(C(=O)c1ccccn1)C2. The number of esters is 1. The van der Waals surface area contributed by atoms with Crippen LogP contribution in [-0.4, -0.2) is 44.7 Å². The molecule has 0 saturated carbocycles. The fraction of sp³-hybridized carbons (Fsp3) is 0.375. The fourth-order valence-electron chi connectivity index (χ4n) is 2.78. The number of pyridine rings is 1. The zero-order valence-corrected chi connectivity index (χ0v) is 13.2. The quantitative estimate of drug-likeness (QED) is 0.795. The lowest BCUT2D eigenvalue weighted by atomic mass is 10.0. The Morgan fingerprint density at radius 2 is 2.17 bits per heavy atom. The zero-order chi connectivity index (χ0) is 16.4. The number of carbonyl (C=O) groups is 2. The Labute approximate surface area is 133 Å². The normalized spacial score (nSPS) is 13.6. The number of hydrogen-bond donors (Lipinski definition) is 0. The van der Waals surface area contributed by atoms with E-state index in [1.165, 1.54) is 4.68 Å². The number of carbonyl (C=O) groups excluding carboxylic acids is 2. The third-order valence-electron chi connectivity index (χ3n) is 3.84. The smallest absolute Gasteiger partial charge is 0.356 e. The molecule has 120 valence electrons. The first-order valence-corrected chi connectivity index (χ1v) is 7.54. The molecule has 0 spiro atoms. The lowest BCUT2D eigenvalue weighted by Gasteiger charge is -2.26. The molecule has 0 aliphatic carbocycles. The topological polar surface area (TPSA) is 77.3 Å². The van der Waals surface area contributed by atoms with E-state index in [0.29, 0.717) is 37.5 Å². The van der Waals surface area contributed by atoms with E-state index in [1.807, 2.05) is 0 Å². The van der Waals surface area contributed by atoms with Gasteiger partial charge < -0.3 is 9.64 Å². The molecular formula is C16H18N4O3. The molecule has 2 aromatic heterocycles. The largest absolute Gasteiger partial charge is 0.461 e. The zero-order valence-electron chi connectivity index (χ0n) is 13.2. The van der Waals surface area contributed by atoms with E-state index < -0.39 is 5.97 Å². The van der Waals surface area contributed by atoms with E-state index in [1.54, 1.807) is 43.3 Å². The number of rotatable bonds is 3. The van der Waals surface area contributed by atoms with Crippen molar-refractivity contribution in [3.8, 4) is 0 Å². The maximum absolute atomic E-state index is 12.5. The van der Waals surface area contributed by atoms with Crippen LogP contribution in [0.15, 0.2) is 24.4 Å². The predicted molar refractivity (Wildman–Crippen MR) is 81.8 cm³/mol. The highest BCUT2D eigenvalue weighted by molar-refractivity contribution is 5.93. The molecule has 0 fully saturated rings. The first kappa shape index (κ1) is 15.2. The Hall–Kier alpha value is -2.70. The van der Waals surface area contributed by atoms with Crippen LogP contribution in [0.5, 0.6) is 0 Å². The van der Waals surface area contributed by atoms with E-state index in [2.05, 4.69) is 10.1 Å². The maximum atomic E-state index is 12.5. The molecular weight excluding hydrogens is 296 g/mol. The van der Waals surface area contributed by atoms with Crippen molar-refractivity contribution < 1.29 is 14.3 Å². The van der Waals surface area contributed by atoms with E-state index >= 15 is 0 Å². The lowest BCUT2D eigenvalue weighted by Crippen LogP contribution is -2.36. The molecule has 1 aliphatic rings. The first-order valence-electron chi connectivity index (χ1n) is 7.54. The van der Waals surface area contributed by atoms with E-state index in [9.17, 15) is 9.59 Å². The maximum Gasteiger partial charge on any atom is 0.356 e. The van der Waals surface area contributed by atoms with E-state index in [-0.39, 0.29) is 5.91 Å². The van der Waals surface area contributed by atoms with Crippen molar-refractivity contribution >= 4 is 11.9 Å². The Morgan fingerprint density at radius 1 is 1.35 bits per heavy atom. The predicted octanol–water partition coefficient (Wildman–Crippen LogP) is 1.19. The summed E-state index contributed by atoms with van der Waals surface area (Å²) in [4.78, 5) is 30.5. The van der Waals surface area contributed by atoms with Crippen LogP contribution < -0.4 is 0 Å². The van der Waals surface area contributed by atoms with Crippen LogP contribution in [0, 0.1) is 0 Å². The second-order valence-corrected chi connectivity index (χ2v) is 5.31. The van der Waals surface area contributed by atoms with Gasteiger partial charge in [-0.1, -0.05) is 6.07 Å². The minimum atomic E-state index is -0.407. The molecule has 1 amide bonds. The summed E-state index contributed by atoms with van der Waals surface area (Å²) in [6.45, 7) is 2.96. The van der Waals surface area contributed by atoms with Crippen LogP contribution in [0.2, 0.25) is 0 Å². The van der Waals surface area contributed by atoms with Crippen molar-refractivity contribution in [2.45, 2.75) is 19.9 Å². The molecule has 7 heteroatoms. The van der Waals surface area contributed by atoms with Crippen molar-refractivity contribution in [1.82, 2.24) is 19.7 Å². The summed E-state index contributed by atoms with van der Waals surface area (Å²) < 4.78 is 6.64. The minimum absolute atomic E-state index is 0.144. The monoisotopic (exact) mass is 314 g/mol. The average Bonchev–Trinajstić information content (AvgIpc) is 2.90. The molecule has 0 atom stereocenters. The molecule has 0 aromatic carbocycles. The van der Waals surface area contributed by atoms with Crippen LogP contribution in [0.4, 0.5) is 0 Å². The molecule has 0 N–H and O–H groups in total. The second-order valence-electron chi connectivity index (χ2n) is 5.31. The minimum Gasteiger partial charge on any atom is -0.461 e. The number of fused-ring (bicyclic) bond motifs is 1. The van der Waals surface area contributed by atoms with Gasteiger partial charge in [0.1, 0.15) is 5.69 Å². The van der Waals surface area contributed by atoms with Crippen molar-refractivity contribution in [1.29, 1.82) is 0 Å². The third kappa shape index (κ3) is 2.81. The van der Waals surface area contributed by atoms with Crippen LogP contribution in [-0.2, 0) is 24.8 Å². The van der Waals surface area contributed by atoms with Gasteiger partial charge in [0.2, 0.25) is 0 Å². The number of aryl methyl sites for hydroxylation is 1. The summed E-state index contributed by atoms with van der Waals surface area (Å²) in [6, 6.07) is 5.24. The van der Waals surface area contributed by atoms with Crippen LogP contribution in [0.1, 0.15) is 39.2 Å². The summed E-state index contributed by atoms with van der Waals surface area (Å²) in [5.41, 5.74) is 2.43. The molecule has 0 unspecified atom stereocenters. The van der Waals surface area contributed by atoms with Gasteiger partial charge in [-0.05, 0) is 19.1 Å². The van der Waals surface area contributed by atoms with Crippen LogP contribution in [0.3, 0.4) is 0 Å². The molecule has 2 aromatic rings. The van der Waals surface area contributed by atoms with Crippen LogP contribution >= 0.6 is 0 Å². The molecule has 0 saturated heterocycles. The fourth-order valence-corrected chi connectivity index (χ4v) is 2.78. The Bertz CT molecular complexity index is 739. The van der Waals surface area contributed by atoms with Gasteiger partial charge in [0.15, 0.2) is 5.69 Å². The lowest BCUT2D eigenvalue weighted by molar-refractivity contribution is 0.0508. The number of ether oxygens (including phenoxy) is 1. The van der Waals surface area contributed by atoms with Gasteiger partial charge in [0, 0.05) is 31.8 Å². The Morgan fingerprint density at radius 3 is 2.87 bits per heavy atom. The van der Waals surface area contributed by atoms with Gasteiger partial charge in [0.05, 0.1) is 18.8 Å². The van der Waals surface area contributed by atoms with E-state index in [0.717, 1.165) is 11.3 Å². The Balaban J connectivity index is 1.88. The molecule has 0 bridgehead atoms. The van der Waals surface area contributed by atoms with Crippen molar-refractivity contribution in [3.63, 3.8) is 0 Å². The summed E-state index contributed by atoms with van der Waals surface area (Å²) in [5, 5.41) is 4.38.